The fourth-order valence-corrected chi connectivity index (χ4v) is 2.36. The second-order valence-electron chi connectivity index (χ2n) is 5.75. The van der Waals surface area contributed by atoms with Crippen LogP contribution in [-0.4, -0.2) is 18.2 Å². The van der Waals surface area contributed by atoms with Crippen molar-refractivity contribution in [3.63, 3.8) is 0 Å². The Morgan fingerprint density at radius 2 is 1.68 bits per heavy atom. The van der Waals surface area contributed by atoms with Crippen LogP contribution in [0.25, 0.3) is 10.9 Å². The van der Waals surface area contributed by atoms with Gasteiger partial charge in [0.05, 0.1) is 10.5 Å². The first-order valence-electron chi connectivity index (χ1n) is 6.35. The van der Waals surface area contributed by atoms with E-state index in [1.54, 1.807) is 0 Å². The van der Waals surface area contributed by atoms with Crippen LogP contribution < -0.4 is 9.47 Å². The third-order valence-electron chi connectivity index (χ3n) is 3.19. The fourth-order valence-electron chi connectivity index (χ4n) is 2.11. The summed E-state index contributed by atoms with van der Waals surface area (Å²) in [5, 5.41) is 1.60. The van der Waals surface area contributed by atoms with Crippen molar-refractivity contribution in [3.8, 4) is 11.5 Å². The molecular weight excluding hydrogens is 262 g/mol. The molecule has 0 radical (unpaired) electrons. The van der Waals surface area contributed by atoms with Crippen molar-refractivity contribution in [2.75, 3.05) is 13.2 Å². The third kappa shape index (κ3) is 2.23. The number of pyridine rings is 1. The van der Waals surface area contributed by atoms with Gasteiger partial charge in [0.1, 0.15) is 13.2 Å². The largest absolute Gasteiger partial charge is 0.486 e. The second kappa shape index (κ2) is 4.27. The standard InChI is InChI=1S/C15H16ClNO2/c1-15(2,3)14-7-10(16)9-6-12-13(8-11(9)17-14)19-5-4-18-12/h6-8H,4-5H2,1-3H3. The Kier molecular flexibility index (Phi) is 2.82. The van der Waals surface area contributed by atoms with Crippen LogP contribution in [0, 0.1) is 0 Å². The molecule has 0 fully saturated rings. The van der Waals surface area contributed by atoms with Crippen LogP contribution in [0.15, 0.2) is 18.2 Å². The number of aromatic nitrogens is 1. The van der Waals surface area contributed by atoms with Crippen molar-refractivity contribution < 1.29 is 9.47 Å². The molecular formula is C15H16ClNO2. The summed E-state index contributed by atoms with van der Waals surface area (Å²) in [6.07, 6.45) is 0. The SMILES string of the molecule is CC(C)(C)c1cc(Cl)c2cc3c(cc2n1)OCCO3. The van der Waals surface area contributed by atoms with Crippen molar-refractivity contribution in [2.45, 2.75) is 26.2 Å². The van der Waals surface area contributed by atoms with E-state index in [0.29, 0.717) is 18.2 Å². The maximum Gasteiger partial charge on any atom is 0.163 e. The monoisotopic (exact) mass is 277 g/mol. The number of hydrogen-bond donors (Lipinski definition) is 0. The number of hydrogen-bond acceptors (Lipinski definition) is 3. The van der Waals surface area contributed by atoms with Gasteiger partial charge in [0, 0.05) is 22.6 Å². The maximum atomic E-state index is 6.37. The van der Waals surface area contributed by atoms with E-state index in [9.17, 15) is 0 Å². The van der Waals surface area contributed by atoms with Gasteiger partial charge in [-0.15, -0.1) is 0 Å². The normalized spacial score (nSPS) is 14.7. The van der Waals surface area contributed by atoms with E-state index in [2.05, 4.69) is 20.8 Å². The molecule has 0 spiro atoms. The van der Waals surface area contributed by atoms with E-state index in [4.69, 9.17) is 26.1 Å². The van der Waals surface area contributed by atoms with Crippen molar-refractivity contribution in [1.82, 2.24) is 4.98 Å². The first-order chi connectivity index (χ1) is 8.95. The Balaban J connectivity index is 2.24. The molecule has 1 aliphatic heterocycles. The Bertz CT molecular complexity index is 647. The molecule has 0 N–H and O–H groups in total. The van der Waals surface area contributed by atoms with Crippen molar-refractivity contribution in [3.05, 3.63) is 28.9 Å². The number of rotatable bonds is 0. The molecule has 19 heavy (non-hydrogen) atoms. The molecule has 3 rings (SSSR count). The molecule has 0 aliphatic carbocycles. The lowest BCUT2D eigenvalue weighted by molar-refractivity contribution is 0.172. The molecule has 2 aromatic rings. The van der Waals surface area contributed by atoms with Crippen LogP contribution in [0.5, 0.6) is 11.5 Å². The lowest BCUT2D eigenvalue weighted by Crippen LogP contribution is -2.16. The van der Waals surface area contributed by atoms with E-state index in [-0.39, 0.29) is 5.41 Å². The first-order valence-corrected chi connectivity index (χ1v) is 6.73. The lowest BCUT2D eigenvalue weighted by atomic mass is 9.91. The minimum Gasteiger partial charge on any atom is -0.486 e. The summed E-state index contributed by atoms with van der Waals surface area (Å²) < 4.78 is 11.2. The molecule has 1 aromatic heterocycles. The fraction of sp³-hybridized carbons (Fsp3) is 0.400. The van der Waals surface area contributed by atoms with Gasteiger partial charge in [-0.3, -0.25) is 4.98 Å². The van der Waals surface area contributed by atoms with Crippen LogP contribution in [0.3, 0.4) is 0 Å². The Morgan fingerprint density at radius 1 is 1.05 bits per heavy atom. The summed E-state index contributed by atoms with van der Waals surface area (Å²) in [6.45, 7) is 7.51. The topological polar surface area (TPSA) is 31.4 Å². The van der Waals surface area contributed by atoms with E-state index < -0.39 is 0 Å². The van der Waals surface area contributed by atoms with E-state index in [0.717, 1.165) is 28.1 Å². The average molecular weight is 278 g/mol. The van der Waals surface area contributed by atoms with Gasteiger partial charge in [-0.05, 0) is 12.1 Å². The highest BCUT2D eigenvalue weighted by Gasteiger charge is 2.20. The molecule has 0 amide bonds. The van der Waals surface area contributed by atoms with Gasteiger partial charge in [-0.1, -0.05) is 32.4 Å². The first kappa shape index (κ1) is 12.5. The number of halogens is 1. The van der Waals surface area contributed by atoms with Crippen LogP contribution in [-0.2, 0) is 5.41 Å². The molecule has 2 heterocycles. The molecule has 0 bridgehead atoms. The quantitative estimate of drug-likeness (QED) is 0.730. The molecule has 0 saturated heterocycles. The molecule has 1 aromatic carbocycles. The van der Waals surface area contributed by atoms with Crippen LogP contribution in [0.4, 0.5) is 0 Å². The minimum absolute atomic E-state index is 0.0366. The second-order valence-corrected chi connectivity index (χ2v) is 6.16. The zero-order valence-corrected chi connectivity index (χ0v) is 12.0. The number of benzene rings is 1. The summed E-state index contributed by atoms with van der Waals surface area (Å²) in [7, 11) is 0. The summed E-state index contributed by atoms with van der Waals surface area (Å²) >= 11 is 6.37. The van der Waals surface area contributed by atoms with Crippen molar-refractivity contribution in [1.29, 1.82) is 0 Å². The van der Waals surface area contributed by atoms with Gasteiger partial charge >= 0.3 is 0 Å². The van der Waals surface area contributed by atoms with Gasteiger partial charge in [0.2, 0.25) is 0 Å². The highest BCUT2D eigenvalue weighted by Crippen LogP contribution is 2.37. The Labute approximate surface area is 117 Å². The van der Waals surface area contributed by atoms with E-state index in [1.807, 2.05) is 18.2 Å². The highest BCUT2D eigenvalue weighted by molar-refractivity contribution is 6.35. The van der Waals surface area contributed by atoms with E-state index >= 15 is 0 Å². The molecule has 1 aliphatic rings. The van der Waals surface area contributed by atoms with Gasteiger partial charge in [-0.25, -0.2) is 0 Å². The van der Waals surface area contributed by atoms with Crippen LogP contribution in [0.1, 0.15) is 26.5 Å². The summed E-state index contributed by atoms with van der Waals surface area (Å²) in [6, 6.07) is 5.75. The van der Waals surface area contributed by atoms with Crippen molar-refractivity contribution in [2.24, 2.45) is 0 Å². The van der Waals surface area contributed by atoms with Gasteiger partial charge in [0.15, 0.2) is 11.5 Å². The highest BCUT2D eigenvalue weighted by atomic mass is 35.5. The summed E-state index contributed by atoms with van der Waals surface area (Å²) in [5.41, 5.74) is 1.79. The van der Waals surface area contributed by atoms with Crippen LogP contribution >= 0.6 is 11.6 Å². The summed E-state index contributed by atoms with van der Waals surface area (Å²) in [5.74, 6) is 1.49. The van der Waals surface area contributed by atoms with Crippen LogP contribution in [0.2, 0.25) is 5.02 Å². The number of ether oxygens (including phenoxy) is 2. The predicted molar refractivity (Wildman–Crippen MR) is 76.4 cm³/mol. The lowest BCUT2D eigenvalue weighted by Gasteiger charge is -2.21. The average Bonchev–Trinajstić information content (AvgIpc) is 2.35. The van der Waals surface area contributed by atoms with Gasteiger partial charge in [0.25, 0.3) is 0 Å². The molecule has 3 nitrogen and oxygen atoms in total. The van der Waals surface area contributed by atoms with Gasteiger partial charge in [-0.2, -0.15) is 0 Å². The molecule has 0 saturated carbocycles. The summed E-state index contributed by atoms with van der Waals surface area (Å²) in [4.78, 5) is 4.70. The zero-order valence-electron chi connectivity index (χ0n) is 11.3. The minimum atomic E-state index is -0.0366. The van der Waals surface area contributed by atoms with Crippen molar-refractivity contribution >= 4 is 22.5 Å². The van der Waals surface area contributed by atoms with Gasteiger partial charge < -0.3 is 9.47 Å². The molecule has 4 heteroatoms. The predicted octanol–water partition coefficient (Wildman–Crippen LogP) is 3.96. The molecule has 0 unspecified atom stereocenters. The van der Waals surface area contributed by atoms with E-state index in [1.165, 1.54) is 0 Å². The third-order valence-corrected chi connectivity index (χ3v) is 3.50. The molecule has 0 atom stereocenters. The maximum absolute atomic E-state index is 6.37. The number of fused-ring (bicyclic) bond motifs is 2. The molecule has 100 valence electrons. The smallest absolute Gasteiger partial charge is 0.163 e. The zero-order chi connectivity index (χ0) is 13.6. The Morgan fingerprint density at radius 3 is 2.32 bits per heavy atom. The Hall–Kier alpha value is -1.48. The number of nitrogens with zero attached hydrogens (tertiary/aromatic N) is 1.